The predicted molar refractivity (Wildman–Crippen MR) is 103 cm³/mol. The molecule has 0 spiro atoms. The Labute approximate surface area is 154 Å². The number of hydrogen-bond donors (Lipinski definition) is 2. The summed E-state index contributed by atoms with van der Waals surface area (Å²) >= 11 is 0. The van der Waals surface area contributed by atoms with Crippen molar-refractivity contribution in [3.05, 3.63) is 72.3 Å². The maximum atomic E-state index is 12.2. The highest BCUT2D eigenvalue weighted by atomic mass is 16.5. The molecule has 1 atom stereocenters. The lowest BCUT2D eigenvalue weighted by Gasteiger charge is -2.14. The molecule has 2 rings (SSSR count). The van der Waals surface area contributed by atoms with Crippen LogP contribution >= 0.6 is 0 Å². The molecule has 5 heteroatoms. The van der Waals surface area contributed by atoms with Crippen molar-refractivity contribution in [2.75, 3.05) is 25.5 Å². The first-order valence-electron chi connectivity index (χ1n) is 8.52. The van der Waals surface area contributed by atoms with Crippen LogP contribution in [0.5, 0.6) is 5.75 Å². The van der Waals surface area contributed by atoms with Gasteiger partial charge < -0.3 is 15.0 Å². The van der Waals surface area contributed by atoms with E-state index in [4.69, 9.17) is 4.74 Å². The number of nitrogens with one attached hydrogen (secondary N) is 2. The summed E-state index contributed by atoms with van der Waals surface area (Å²) in [5.41, 5.74) is 2.35. The topological polar surface area (TPSA) is 59.8 Å². The van der Waals surface area contributed by atoms with Crippen LogP contribution in [0, 0.1) is 0 Å². The number of rotatable bonds is 9. The molecular formula is C21H25N2O3+. The maximum Gasteiger partial charge on any atom is 0.279 e. The zero-order valence-electron chi connectivity index (χ0n) is 15.2. The third-order valence-electron chi connectivity index (χ3n) is 3.81. The summed E-state index contributed by atoms with van der Waals surface area (Å²) in [4.78, 5) is 24.7. The van der Waals surface area contributed by atoms with Gasteiger partial charge in [-0.2, -0.15) is 0 Å². The minimum absolute atomic E-state index is 0.0237. The Hall–Kier alpha value is -2.92. The number of carbonyl (C=O) groups is 2. The van der Waals surface area contributed by atoms with Gasteiger partial charge in [-0.05, 0) is 43.3 Å². The number of quaternary nitrogens is 1. The molecule has 0 saturated heterocycles. The number of carbonyl (C=O) groups excluding carboxylic acids is 2. The van der Waals surface area contributed by atoms with E-state index in [0.29, 0.717) is 24.4 Å². The molecule has 2 N–H and O–H groups in total. The van der Waals surface area contributed by atoms with E-state index in [1.165, 1.54) is 6.92 Å². The molecule has 0 heterocycles. The molecule has 2 aromatic rings. The second kappa shape index (κ2) is 9.53. The van der Waals surface area contributed by atoms with E-state index in [1.54, 1.807) is 30.3 Å². The van der Waals surface area contributed by atoms with Crippen molar-refractivity contribution in [1.29, 1.82) is 0 Å². The largest absolute Gasteiger partial charge is 0.490 e. The molecule has 1 amide bonds. The van der Waals surface area contributed by atoms with Gasteiger partial charge in [-0.3, -0.25) is 9.59 Å². The lowest BCUT2D eigenvalue weighted by atomic mass is 10.1. The van der Waals surface area contributed by atoms with Crippen molar-refractivity contribution >= 4 is 17.4 Å². The van der Waals surface area contributed by atoms with Crippen molar-refractivity contribution in [3.63, 3.8) is 0 Å². The molecule has 0 aliphatic rings. The van der Waals surface area contributed by atoms with Crippen LogP contribution in [0.4, 0.5) is 5.69 Å². The number of benzene rings is 2. The summed E-state index contributed by atoms with van der Waals surface area (Å²) in [6.07, 6.45) is 1.70. The Morgan fingerprint density at radius 2 is 1.92 bits per heavy atom. The zero-order valence-corrected chi connectivity index (χ0v) is 15.2. The Kier molecular flexibility index (Phi) is 7.12. The fourth-order valence-electron chi connectivity index (χ4n) is 2.56. The molecule has 0 saturated carbocycles. The average molecular weight is 353 g/mol. The van der Waals surface area contributed by atoms with Crippen LogP contribution in [0.15, 0.2) is 61.2 Å². The van der Waals surface area contributed by atoms with Gasteiger partial charge in [0.05, 0.1) is 7.05 Å². The van der Waals surface area contributed by atoms with Gasteiger partial charge in [0.25, 0.3) is 5.91 Å². The molecule has 26 heavy (non-hydrogen) atoms. The third kappa shape index (κ3) is 6.18. The van der Waals surface area contributed by atoms with Crippen molar-refractivity contribution < 1.29 is 19.2 Å². The molecule has 5 nitrogen and oxygen atoms in total. The van der Waals surface area contributed by atoms with Crippen molar-refractivity contribution in [1.82, 2.24) is 0 Å². The van der Waals surface area contributed by atoms with E-state index in [9.17, 15) is 9.59 Å². The van der Waals surface area contributed by atoms with Crippen LogP contribution in [0.2, 0.25) is 0 Å². The van der Waals surface area contributed by atoms with Gasteiger partial charge >= 0.3 is 0 Å². The second-order valence-electron chi connectivity index (χ2n) is 6.24. The highest BCUT2D eigenvalue weighted by Crippen LogP contribution is 2.12. The van der Waals surface area contributed by atoms with Gasteiger partial charge in [0.15, 0.2) is 12.3 Å². The molecule has 0 radical (unpaired) electrons. The van der Waals surface area contributed by atoms with E-state index in [1.807, 2.05) is 31.3 Å². The number of amides is 1. The highest BCUT2D eigenvalue weighted by molar-refractivity contribution is 5.97. The standard InChI is InChI=1S/C21H24N2O3/c1-4-12-26-20-10-8-17(9-11-20)14-23(3)15-21(25)22-19-7-5-6-18(13-19)16(2)24/h4-11,13H,1,12,14-15H2,2-3H3,(H,22,25)/p+1. The van der Waals surface area contributed by atoms with Gasteiger partial charge in [-0.25, -0.2) is 0 Å². The molecular weight excluding hydrogens is 328 g/mol. The van der Waals surface area contributed by atoms with Crippen LogP contribution in [0.3, 0.4) is 0 Å². The third-order valence-corrected chi connectivity index (χ3v) is 3.81. The first-order valence-corrected chi connectivity index (χ1v) is 8.52. The first kappa shape index (κ1) is 19.4. The van der Waals surface area contributed by atoms with Gasteiger partial charge in [0.2, 0.25) is 0 Å². The van der Waals surface area contributed by atoms with Gasteiger partial charge in [-0.1, -0.05) is 24.8 Å². The number of ketones is 1. The zero-order chi connectivity index (χ0) is 18.9. The van der Waals surface area contributed by atoms with E-state index >= 15 is 0 Å². The number of Topliss-reactive ketones (excluding diaryl/α,β-unsaturated/α-hetero) is 1. The Balaban J connectivity index is 1.85. The fourth-order valence-corrected chi connectivity index (χ4v) is 2.56. The monoisotopic (exact) mass is 353 g/mol. The number of ether oxygens (including phenoxy) is 1. The van der Waals surface area contributed by atoms with Crippen LogP contribution < -0.4 is 15.0 Å². The highest BCUT2D eigenvalue weighted by Gasteiger charge is 2.11. The van der Waals surface area contributed by atoms with Gasteiger partial charge in [-0.15, -0.1) is 0 Å². The molecule has 2 aromatic carbocycles. The lowest BCUT2D eigenvalue weighted by molar-refractivity contribution is -0.885. The summed E-state index contributed by atoms with van der Waals surface area (Å²) in [5.74, 6) is 0.688. The molecule has 0 aromatic heterocycles. The SMILES string of the molecule is C=CCOc1ccc(C[NH+](C)CC(=O)Nc2cccc(C(C)=O)c2)cc1. The molecule has 1 unspecified atom stereocenters. The maximum absolute atomic E-state index is 12.2. The van der Waals surface area contributed by atoms with Crippen LogP contribution in [-0.2, 0) is 11.3 Å². The Morgan fingerprint density at radius 3 is 2.58 bits per heavy atom. The summed E-state index contributed by atoms with van der Waals surface area (Å²) < 4.78 is 5.46. The number of likely N-dealkylation sites (N-methyl/N-ethyl adjacent to an activating group) is 1. The molecule has 0 aliphatic heterocycles. The predicted octanol–water partition coefficient (Wildman–Crippen LogP) is 2.11. The molecule has 136 valence electrons. The van der Waals surface area contributed by atoms with Gasteiger partial charge in [0.1, 0.15) is 18.9 Å². The minimum Gasteiger partial charge on any atom is -0.490 e. The van der Waals surface area contributed by atoms with Crippen LogP contribution in [0.25, 0.3) is 0 Å². The lowest BCUT2D eigenvalue weighted by Crippen LogP contribution is -3.08. The van der Waals surface area contributed by atoms with Crippen molar-refractivity contribution in [2.45, 2.75) is 13.5 Å². The second-order valence-corrected chi connectivity index (χ2v) is 6.24. The summed E-state index contributed by atoms with van der Waals surface area (Å²) in [6, 6.07) is 14.8. The Morgan fingerprint density at radius 1 is 1.19 bits per heavy atom. The molecule has 0 fully saturated rings. The summed E-state index contributed by atoms with van der Waals surface area (Å²) in [6.45, 7) is 6.67. The quantitative estimate of drug-likeness (QED) is 0.536. The van der Waals surface area contributed by atoms with E-state index in [0.717, 1.165) is 22.8 Å². The van der Waals surface area contributed by atoms with E-state index in [-0.39, 0.29) is 11.7 Å². The number of hydrogen-bond acceptors (Lipinski definition) is 3. The van der Waals surface area contributed by atoms with Crippen LogP contribution in [-0.4, -0.2) is 31.9 Å². The molecule has 0 bridgehead atoms. The van der Waals surface area contributed by atoms with E-state index < -0.39 is 0 Å². The first-order chi connectivity index (χ1) is 12.5. The van der Waals surface area contributed by atoms with Crippen LogP contribution in [0.1, 0.15) is 22.8 Å². The number of anilines is 1. The summed E-state index contributed by atoms with van der Waals surface area (Å²) in [5, 5.41) is 2.84. The van der Waals surface area contributed by atoms with Gasteiger partial charge in [0, 0.05) is 16.8 Å². The van der Waals surface area contributed by atoms with Crippen molar-refractivity contribution in [3.8, 4) is 5.75 Å². The van der Waals surface area contributed by atoms with E-state index in [2.05, 4.69) is 11.9 Å². The summed E-state index contributed by atoms with van der Waals surface area (Å²) in [7, 11) is 1.97. The fraction of sp³-hybridized carbons (Fsp3) is 0.238. The molecule has 0 aliphatic carbocycles. The Bertz CT molecular complexity index is 769. The average Bonchev–Trinajstić information content (AvgIpc) is 2.61. The minimum atomic E-state index is -0.0888. The smallest absolute Gasteiger partial charge is 0.279 e. The van der Waals surface area contributed by atoms with Crippen molar-refractivity contribution in [2.24, 2.45) is 0 Å². The normalized spacial score (nSPS) is 11.5.